The standard InChI is InChI=1S/C20H28N2O4S/c1-2-3-11-22(17-10-12-27(25,26)14-17)19(23)9-8-16-13-15-6-4-5-7-18(15)21-20(16)24/h4-7,16-17H,2-3,8-14H2,1H3,(H,21,24). The Hall–Kier alpha value is -1.89. The number of unbranched alkanes of at least 4 members (excludes halogenated alkanes) is 1. The molecule has 27 heavy (non-hydrogen) atoms. The number of anilines is 1. The zero-order valence-corrected chi connectivity index (χ0v) is 16.6. The zero-order valence-electron chi connectivity index (χ0n) is 15.8. The first-order valence-corrected chi connectivity index (χ1v) is 11.6. The Labute approximate surface area is 161 Å². The summed E-state index contributed by atoms with van der Waals surface area (Å²) in [4.78, 5) is 26.9. The van der Waals surface area contributed by atoms with Crippen LogP contribution in [0.4, 0.5) is 5.69 Å². The van der Waals surface area contributed by atoms with E-state index < -0.39 is 9.84 Å². The average molecular weight is 393 g/mol. The van der Waals surface area contributed by atoms with Crippen molar-refractivity contribution in [2.75, 3.05) is 23.4 Å². The maximum Gasteiger partial charge on any atom is 0.227 e. The normalized spacial score (nSPS) is 23.5. The van der Waals surface area contributed by atoms with Crippen molar-refractivity contribution in [1.29, 1.82) is 0 Å². The van der Waals surface area contributed by atoms with Crippen molar-refractivity contribution in [3.05, 3.63) is 29.8 Å². The Morgan fingerprint density at radius 3 is 2.78 bits per heavy atom. The highest BCUT2D eigenvalue weighted by atomic mass is 32.2. The third-order valence-electron chi connectivity index (χ3n) is 5.54. The van der Waals surface area contributed by atoms with Crippen molar-refractivity contribution >= 4 is 27.3 Å². The zero-order chi connectivity index (χ0) is 19.4. The van der Waals surface area contributed by atoms with Gasteiger partial charge >= 0.3 is 0 Å². The van der Waals surface area contributed by atoms with E-state index in [2.05, 4.69) is 12.2 Å². The quantitative estimate of drug-likeness (QED) is 0.772. The lowest BCUT2D eigenvalue weighted by Gasteiger charge is -2.30. The topological polar surface area (TPSA) is 83.6 Å². The summed E-state index contributed by atoms with van der Waals surface area (Å²) in [7, 11) is -3.03. The van der Waals surface area contributed by atoms with Gasteiger partial charge in [-0.1, -0.05) is 31.5 Å². The van der Waals surface area contributed by atoms with Crippen LogP contribution in [0.5, 0.6) is 0 Å². The van der Waals surface area contributed by atoms with Gasteiger partial charge in [0.15, 0.2) is 9.84 Å². The maximum absolute atomic E-state index is 12.8. The minimum atomic E-state index is -3.03. The number of sulfone groups is 1. The van der Waals surface area contributed by atoms with E-state index in [0.717, 1.165) is 24.1 Å². The Morgan fingerprint density at radius 2 is 2.07 bits per heavy atom. The minimum absolute atomic E-state index is 0.0304. The number of fused-ring (bicyclic) bond motifs is 1. The number of amides is 2. The van der Waals surface area contributed by atoms with Gasteiger partial charge in [-0.3, -0.25) is 9.59 Å². The number of hydrogen-bond donors (Lipinski definition) is 1. The molecule has 1 fully saturated rings. The number of nitrogens with one attached hydrogen (secondary N) is 1. The van der Waals surface area contributed by atoms with Gasteiger partial charge in [0.25, 0.3) is 0 Å². The molecule has 0 saturated carbocycles. The third-order valence-corrected chi connectivity index (χ3v) is 7.29. The summed E-state index contributed by atoms with van der Waals surface area (Å²) in [6, 6.07) is 7.52. The number of benzene rings is 1. The Balaban J connectivity index is 1.61. The molecule has 1 aromatic carbocycles. The number of nitrogens with zero attached hydrogens (tertiary/aromatic N) is 1. The molecule has 2 aliphatic rings. The van der Waals surface area contributed by atoms with Gasteiger partial charge in [-0.2, -0.15) is 0 Å². The number of hydrogen-bond acceptors (Lipinski definition) is 4. The van der Waals surface area contributed by atoms with E-state index in [0.29, 0.717) is 25.8 Å². The van der Waals surface area contributed by atoms with E-state index in [-0.39, 0.29) is 41.7 Å². The SMILES string of the molecule is CCCCN(C(=O)CCC1Cc2ccccc2NC1=O)C1CCS(=O)(=O)C1. The largest absolute Gasteiger partial charge is 0.339 e. The van der Waals surface area contributed by atoms with Crippen LogP contribution in [0.1, 0.15) is 44.6 Å². The van der Waals surface area contributed by atoms with Crippen molar-refractivity contribution in [1.82, 2.24) is 4.90 Å². The van der Waals surface area contributed by atoms with Gasteiger partial charge in [-0.15, -0.1) is 0 Å². The summed E-state index contributed by atoms with van der Waals surface area (Å²) in [5.74, 6) is -0.0544. The molecule has 1 N–H and O–H groups in total. The second-order valence-corrected chi connectivity index (χ2v) is 9.81. The van der Waals surface area contributed by atoms with Gasteiger partial charge in [0.05, 0.1) is 11.5 Å². The fourth-order valence-corrected chi connectivity index (χ4v) is 5.68. The molecule has 0 aliphatic carbocycles. The Kier molecular flexibility index (Phi) is 6.19. The highest BCUT2D eigenvalue weighted by Gasteiger charge is 2.35. The van der Waals surface area contributed by atoms with Gasteiger partial charge in [-0.25, -0.2) is 8.42 Å². The lowest BCUT2D eigenvalue weighted by atomic mass is 9.89. The first kappa shape index (κ1) is 19.9. The summed E-state index contributed by atoms with van der Waals surface area (Å²) >= 11 is 0. The minimum Gasteiger partial charge on any atom is -0.339 e. The van der Waals surface area contributed by atoms with Crippen LogP contribution in [0.2, 0.25) is 0 Å². The smallest absolute Gasteiger partial charge is 0.227 e. The molecule has 1 saturated heterocycles. The molecule has 0 aromatic heterocycles. The molecule has 148 valence electrons. The van der Waals surface area contributed by atoms with Crippen LogP contribution >= 0.6 is 0 Å². The second-order valence-electron chi connectivity index (χ2n) is 7.58. The van der Waals surface area contributed by atoms with E-state index in [9.17, 15) is 18.0 Å². The predicted molar refractivity (Wildman–Crippen MR) is 105 cm³/mol. The van der Waals surface area contributed by atoms with Crippen molar-refractivity contribution in [2.45, 2.75) is 51.5 Å². The molecule has 1 aromatic rings. The highest BCUT2D eigenvalue weighted by molar-refractivity contribution is 7.91. The van der Waals surface area contributed by atoms with Crippen LogP contribution in [0.25, 0.3) is 0 Å². The fraction of sp³-hybridized carbons (Fsp3) is 0.600. The molecular formula is C20H28N2O4S. The van der Waals surface area contributed by atoms with Crippen molar-refractivity contribution < 1.29 is 18.0 Å². The van der Waals surface area contributed by atoms with Crippen LogP contribution < -0.4 is 5.32 Å². The van der Waals surface area contributed by atoms with Crippen molar-refractivity contribution in [3.63, 3.8) is 0 Å². The number of rotatable bonds is 7. The van der Waals surface area contributed by atoms with E-state index in [4.69, 9.17) is 0 Å². The van der Waals surface area contributed by atoms with E-state index in [1.165, 1.54) is 0 Å². The Bertz CT molecular complexity index is 806. The summed E-state index contributed by atoms with van der Waals surface area (Å²) in [5.41, 5.74) is 1.95. The summed E-state index contributed by atoms with van der Waals surface area (Å²) in [6.45, 7) is 2.65. The molecule has 2 atom stereocenters. The molecule has 7 heteroatoms. The first-order chi connectivity index (χ1) is 12.9. The molecular weight excluding hydrogens is 364 g/mol. The maximum atomic E-state index is 12.8. The summed E-state index contributed by atoms with van der Waals surface area (Å²) in [5, 5.41) is 2.92. The summed E-state index contributed by atoms with van der Waals surface area (Å²) in [6.07, 6.45) is 3.74. The van der Waals surface area contributed by atoms with Crippen LogP contribution in [-0.2, 0) is 25.8 Å². The predicted octanol–water partition coefficient (Wildman–Crippen LogP) is 2.39. The molecule has 0 spiro atoms. The average Bonchev–Trinajstić information content (AvgIpc) is 2.99. The van der Waals surface area contributed by atoms with E-state index in [1.807, 2.05) is 24.3 Å². The fourth-order valence-electron chi connectivity index (χ4n) is 3.95. The highest BCUT2D eigenvalue weighted by Crippen LogP contribution is 2.28. The van der Waals surface area contributed by atoms with Crippen LogP contribution in [-0.4, -0.2) is 49.2 Å². The van der Waals surface area contributed by atoms with Crippen molar-refractivity contribution in [2.24, 2.45) is 5.92 Å². The van der Waals surface area contributed by atoms with Crippen LogP contribution in [0, 0.1) is 5.92 Å². The first-order valence-electron chi connectivity index (χ1n) is 9.78. The lowest BCUT2D eigenvalue weighted by molar-refractivity contribution is -0.133. The monoisotopic (exact) mass is 392 g/mol. The van der Waals surface area contributed by atoms with Crippen LogP contribution in [0.3, 0.4) is 0 Å². The second kappa shape index (κ2) is 8.42. The number of para-hydroxylation sites is 1. The molecule has 2 heterocycles. The van der Waals surface area contributed by atoms with Gasteiger partial charge in [-0.05, 0) is 37.3 Å². The molecule has 0 bridgehead atoms. The summed E-state index contributed by atoms with van der Waals surface area (Å²) < 4.78 is 23.6. The van der Waals surface area contributed by atoms with Crippen LogP contribution in [0.15, 0.2) is 24.3 Å². The van der Waals surface area contributed by atoms with Gasteiger partial charge in [0.2, 0.25) is 11.8 Å². The molecule has 2 amide bonds. The van der Waals surface area contributed by atoms with Crippen molar-refractivity contribution in [3.8, 4) is 0 Å². The van der Waals surface area contributed by atoms with Gasteiger partial charge < -0.3 is 10.2 Å². The lowest BCUT2D eigenvalue weighted by Crippen LogP contribution is -2.42. The van der Waals surface area contributed by atoms with Gasteiger partial charge in [0, 0.05) is 30.6 Å². The van der Waals surface area contributed by atoms with Gasteiger partial charge in [0.1, 0.15) is 0 Å². The molecule has 2 unspecified atom stereocenters. The third kappa shape index (κ3) is 4.89. The molecule has 2 aliphatic heterocycles. The Morgan fingerprint density at radius 1 is 1.30 bits per heavy atom. The van der Waals surface area contributed by atoms with E-state index in [1.54, 1.807) is 4.90 Å². The number of carbonyl (C=O) groups excluding carboxylic acids is 2. The van der Waals surface area contributed by atoms with E-state index >= 15 is 0 Å². The molecule has 0 radical (unpaired) electrons. The number of carbonyl (C=O) groups is 2. The molecule has 3 rings (SSSR count). The molecule has 6 nitrogen and oxygen atoms in total.